The zero-order chi connectivity index (χ0) is 16.3. The molecule has 0 aromatic carbocycles. The lowest BCUT2D eigenvalue weighted by Crippen LogP contribution is -2.46. The smallest absolute Gasteiger partial charge is 0.306 e. The topological polar surface area (TPSA) is 79.7 Å². The van der Waals surface area contributed by atoms with E-state index in [4.69, 9.17) is 9.84 Å². The second kappa shape index (κ2) is 7.19. The monoisotopic (exact) mass is 326 g/mol. The number of amides is 1. The molecule has 2 heterocycles. The van der Waals surface area contributed by atoms with E-state index in [1.807, 2.05) is 6.92 Å². The number of carboxylic acid groups (broad SMARTS) is 1. The summed E-state index contributed by atoms with van der Waals surface area (Å²) >= 11 is 1.45. The number of thiazole rings is 1. The van der Waals surface area contributed by atoms with Crippen LogP contribution < -0.4 is 0 Å². The van der Waals surface area contributed by atoms with Crippen LogP contribution in [-0.2, 0) is 16.0 Å². The fraction of sp³-hybridized carbons (Fsp3) is 0.667. The van der Waals surface area contributed by atoms with E-state index in [1.54, 1.807) is 4.90 Å². The summed E-state index contributed by atoms with van der Waals surface area (Å²) in [5, 5.41) is 9.83. The van der Waals surface area contributed by atoms with E-state index in [2.05, 4.69) is 18.8 Å². The van der Waals surface area contributed by atoms with Crippen LogP contribution in [0.1, 0.15) is 40.6 Å². The van der Waals surface area contributed by atoms with Crippen LogP contribution in [-0.4, -0.2) is 52.7 Å². The number of carbonyl (C=O) groups excluding carboxylic acids is 1. The quantitative estimate of drug-likeness (QED) is 0.895. The maximum absolute atomic E-state index is 12.6. The normalized spacial score (nSPS) is 18.7. The average Bonchev–Trinajstić information content (AvgIpc) is 2.77. The van der Waals surface area contributed by atoms with Gasteiger partial charge in [-0.3, -0.25) is 9.59 Å². The van der Waals surface area contributed by atoms with Crippen molar-refractivity contribution >= 4 is 23.2 Å². The molecule has 0 unspecified atom stereocenters. The molecule has 1 atom stereocenters. The van der Waals surface area contributed by atoms with Gasteiger partial charge in [0.05, 0.1) is 29.8 Å². The molecule has 1 aromatic rings. The van der Waals surface area contributed by atoms with Crippen LogP contribution in [0.5, 0.6) is 0 Å². The molecule has 6 nitrogen and oxygen atoms in total. The molecular weight excluding hydrogens is 304 g/mol. The molecule has 0 radical (unpaired) electrons. The molecule has 7 heteroatoms. The minimum Gasteiger partial charge on any atom is -0.481 e. The maximum atomic E-state index is 12.6. The zero-order valence-corrected chi connectivity index (χ0v) is 14.0. The van der Waals surface area contributed by atoms with E-state index in [-0.39, 0.29) is 12.3 Å². The number of aryl methyl sites for hydroxylation is 1. The first kappa shape index (κ1) is 16.9. The Hall–Kier alpha value is -1.47. The summed E-state index contributed by atoms with van der Waals surface area (Å²) in [6, 6.07) is 0. The standard InChI is InChI=1S/C15H22N2O4S/c1-9(2)6-12-16-10(3)14(22-12)15(20)17-4-5-21-11(8-17)7-13(18)19/h9,11H,4-8H2,1-3H3,(H,18,19)/t11-/m0/s1. The van der Waals surface area contributed by atoms with Crippen molar-refractivity contribution in [3.63, 3.8) is 0 Å². The number of nitrogens with zero attached hydrogens (tertiary/aromatic N) is 2. The van der Waals surface area contributed by atoms with Crippen molar-refractivity contribution in [1.82, 2.24) is 9.88 Å². The number of rotatable bonds is 5. The van der Waals surface area contributed by atoms with E-state index >= 15 is 0 Å². The van der Waals surface area contributed by atoms with Crippen LogP contribution in [0, 0.1) is 12.8 Å². The van der Waals surface area contributed by atoms with E-state index in [0.717, 1.165) is 17.1 Å². The van der Waals surface area contributed by atoms with Gasteiger partial charge >= 0.3 is 5.97 Å². The molecule has 122 valence electrons. The Labute approximate surface area is 134 Å². The number of carboxylic acids is 1. The Balaban J connectivity index is 2.07. The summed E-state index contributed by atoms with van der Waals surface area (Å²) in [7, 11) is 0. The van der Waals surface area contributed by atoms with Gasteiger partial charge < -0.3 is 14.7 Å². The van der Waals surface area contributed by atoms with Gasteiger partial charge in [-0.15, -0.1) is 11.3 Å². The number of morpholine rings is 1. The Bertz CT molecular complexity index is 556. The Kier molecular flexibility index (Phi) is 5.52. The lowest BCUT2D eigenvalue weighted by Gasteiger charge is -2.32. The van der Waals surface area contributed by atoms with Crippen molar-refractivity contribution in [2.75, 3.05) is 19.7 Å². The fourth-order valence-corrected chi connectivity index (χ4v) is 3.70. The number of carbonyl (C=O) groups is 2. The number of hydrogen-bond donors (Lipinski definition) is 1. The number of aromatic nitrogens is 1. The molecule has 1 fully saturated rings. The van der Waals surface area contributed by atoms with Crippen molar-refractivity contribution in [3.8, 4) is 0 Å². The van der Waals surface area contributed by atoms with Gasteiger partial charge in [0.25, 0.3) is 5.91 Å². The van der Waals surface area contributed by atoms with Crippen molar-refractivity contribution in [2.24, 2.45) is 5.92 Å². The van der Waals surface area contributed by atoms with E-state index in [1.165, 1.54) is 11.3 Å². The molecule has 1 N–H and O–H groups in total. The highest BCUT2D eigenvalue weighted by Gasteiger charge is 2.28. The van der Waals surface area contributed by atoms with E-state index < -0.39 is 12.1 Å². The first-order valence-corrected chi connectivity index (χ1v) is 8.27. The maximum Gasteiger partial charge on any atom is 0.306 e. The van der Waals surface area contributed by atoms with Gasteiger partial charge in [-0.05, 0) is 12.8 Å². The highest BCUT2D eigenvalue weighted by atomic mass is 32.1. The average molecular weight is 326 g/mol. The third-order valence-corrected chi connectivity index (χ3v) is 4.61. The third-order valence-electron chi connectivity index (χ3n) is 3.45. The number of ether oxygens (including phenoxy) is 1. The largest absolute Gasteiger partial charge is 0.481 e. The summed E-state index contributed by atoms with van der Waals surface area (Å²) in [6.07, 6.45) is 0.353. The van der Waals surface area contributed by atoms with Gasteiger partial charge in [0, 0.05) is 19.5 Å². The first-order chi connectivity index (χ1) is 10.4. The predicted octanol–water partition coefficient (Wildman–Crippen LogP) is 1.97. The molecule has 1 aliphatic rings. The minimum atomic E-state index is -0.910. The molecule has 1 saturated heterocycles. The second-order valence-corrected chi connectivity index (χ2v) is 7.05. The van der Waals surface area contributed by atoms with Crippen molar-refractivity contribution in [1.29, 1.82) is 0 Å². The van der Waals surface area contributed by atoms with E-state index in [9.17, 15) is 9.59 Å². The number of hydrogen-bond acceptors (Lipinski definition) is 5. The molecule has 0 saturated carbocycles. The Morgan fingerprint density at radius 1 is 1.50 bits per heavy atom. The molecule has 0 aliphatic carbocycles. The summed E-state index contributed by atoms with van der Waals surface area (Å²) in [5.74, 6) is -0.479. The highest BCUT2D eigenvalue weighted by Crippen LogP contribution is 2.23. The SMILES string of the molecule is Cc1nc(CC(C)C)sc1C(=O)N1CCO[C@@H](CC(=O)O)C1. The van der Waals surface area contributed by atoms with Gasteiger partial charge in [-0.25, -0.2) is 4.98 Å². The van der Waals surface area contributed by atoms with Crippen LogP contribution in [0.15, 0.2) is 0 Å². The molecule has 0 spiro atoms. The van der Waals surface area contributed by atoms with Crippen LogP contribution in [0.25, 0.3) is 0 Å². The fourth-order valence-electron chi connectivity index (χ4n) is 2.45. The van der Waals surface area contributed by atoms with Crippen LogP contribution in [0.3, 0.4) is 0 Å². The van der Waals surface area contributed by atoms with E-state index in [0.29, 0.717) is 30.5 Å². The summed E-state index contributed by atoms with van der Waals surface area (Å²) in [4.78, 5) is 30.2. The van der Waals surface area contributed by atoms with Gasteiger partial charge in [0.1, 0.15) is 4.88 Å². The van der Waals surface area contributed by atoms with Crippen LogP contribution in [0.2, 0.25) is 0 Å². The molecule has 1 aromatic heterocycles. The van der Waals surface area contributed by atoms with Crippen LogP contribution >= 0.6 is 11.3 Å². The van der Waals surface area contributed by atoms with Crippen molar-refractivity contribution in [2.45, 2.75) is 39.7 Å². The first-order valence-electron chi connectivity index (χ1n) is 7.45. The Morgan fingerprint density at radius 3 is 2.86 bits per heavy atom. The van der Waals surface area contributed by atoms with Gasteiger partial charge in [0.15, 0.2) is 0 Å². The van der Waals surface area contributed by atoms with Gasteiger partial charge in [0.2, 0.25) is 0 Å². The lowest BCUT2D eigenvalue weighted by molar-refractivity contribution is -0.141. The number of aliphatic carboxylic acids is 1. The van der Waals surface area contributed by atoms with Crippen molar-refractivity contribution in [3.05, 3.63) is 15.6 Å². The molecule has 1 aliphatic heterocycles. The third kappa shape index (κ3) is 4.27. The summed E-state index contributed by atoms with van der Waals surface area (Å²) in [6.45, 7) is 7.28. The highest BCUT2D eigenvalue weighted by molar-refractivity contribution is 7.13. The second-order valence-electron chi connectivity index (χ2n) is 5.96. The molecule has 2 rings (SSSR count). The molecule has 22 heavy (non-hydrogen) atoms. The predicted molar refractivity (Wildman–Crippen MR) is 83.3 cm³/mol. The zero-order valence-electron chi connectivity index (χ0n) is 13.2. The lowest BCUT2D eigenvalue weighted by atomic mass is 10.1. The minimum absolute atomic E-state index is 0.0660. The van der Waals surface area contributed by atoms with Gasteiger partial charge in [-0.2, -0.15) is 0 Å². The molecule has 0 bridgehead atoms. The Morgan fingerprint density at radius 2 is 2.23 bits per heavy atom. The summed E-state index contributed by atoms with van der Waals surface area (Å²) < 4.78 is 5.41. The summed E-state index contributed by atoms with van der Waals surface area (Å²) in [5.41, 5.74) is 0.756. The van der Waals surface area contributed by atoms with Crippen molar-refractivity contribution < 1.29 is 19.4 Å². The molecular formula is C15H22N2O4S. The molecule has 1 amide bonds. The van der Waals surface area contributed by atoms with Crippen LogP contribution in [0.4, 0.5) is 0 Å². The van der Waals surface area contributed by atoms with Gasteiger partial charge in [-0.1, -0.05) is 13.8 Å².